The molecule has 0 heterocycles. The summed E-state index contributed by atoms with van der Waals surface area (Å²) in [5, 5.41) is 0. The van der Waals surface area contributed by atoms with E-state index < -0.39 is 0 Å². The van der Waals surface area contributed by atoms with Crippen molar-refractivity contribution in [2.24, 2.45) is 5.41 Å². The Balaban J connectivity index is 2.31. The first-order valence-electron chi connectivity index (χ1n) is 4.25. The molecule has 11 heavy (non-hydrogen) atoms. The van der Waals surface area contributed by atoms with E-state index in [0.717, 1.165) is 6.42 Å². The fourth-order valence-corrected chi connectivity index (χ4v) is 1.79. The van der Waals surface area contributed by atoms with E-state index in [1.165, 1.54) is 12.0 Å². The molecule has 0 amide bonds. The maximum atomic E-state index is 2.33. The van der Waals surface area contributed by atoms with Crippen molar-refractivity contribution in [2.45, 2.75) is 26.7 Å². The molecular weight excluding hydrogens is 132 g/mol. The molecule has 0 aliphatic heterocycles. The Morgan fingerprint density at radius 2 is 2.00 bits per heavy atom. The van der Waals surface area contributed by atoms with Crippen LogP contribution in [0.15, 0.2) is 35.5 Å². The monoisotopic (exact) mass is 146 g/mol. The van der Waals surface area contributed by atoms with Gasteiger partial charge in [0.15, 0.2) is 0 Å². The van der Waals surface area contributed by atoms with Crippen LogP contribution < -0.4 is 0 Å². The Morgan fingerprint density at radius 1 is 1.18 bits per heavy atom. The van der Waals surface area contributed by atoms with E-state index in [1.807, 2.05) is 0 Å². The van der Waals surface area contributed by atoms with Gasteiger partial charge >= 0.3 is 0 Å². The minimum Gasteiger partial charge on any atom is -0.0798 e. The summed E-state index contributed by atoms with van der Waals surface area (Å²) < 4.78 is 0. The van der Waals surface area contributed by atoms with Crippen molar-refractivity contribution in [3.05, 3.63) is 35.5 Å². The second-order valence-electron chi connectivity index (χ2n) is 4.16. The lowest BCUT2D eigenvalue weighted by Crippen LogP contribution is -2.11. The van der Waals surface area contributed by atoms with Crippen molar-refractivity contribution in [2.75, 3.05) is 0 Å². The zero-order valence-electron chi connectivity index (χ0n) is 7.22. The average molecular weight is 146 g/mol. The van der Waals surface area contributed by atoms with Crippen LogP contribution in [-0.2, 0) is 0 Å². The molecule has 0 fully saturated rings. The number of hydrogen-bond donors (Lipinski definition) is 0. The lowest BCUT2D eigenvalue weighted by atomic mass is 9.80. The highest BCUT2D eigenvalue weighted by molar-refractivity contribution is 5.44. The molecule has 0 saturated carbocycles. The molecule has 2 aliphatic carbocycles. The third-order valence-corrected chi connectivity index (χ3v) is 2.45. The lowest BCUT2D eigenvalue weighted by Gasteiger charge is -2.24. The van der Waals surface area contributed by atoms with E-state index in [9.17, 15) is 0 Å². The van der Waals surface area contributed by atoms with Crippen molar-refractivity contribution in [1.82, 2.24) is 0 Å². The van der Waals surface area contributed by atoms with Gasteiger partial charge in [-0.3, -0.25) is 0 Å². The first-order valence-corrected chi connectivity index (χ1v) is 4.25. The number of rotatable bonds is 0. The van der Waals surface area contributed by atoms with Crippen molar-refractivity contribution in [3.8, 4) is 0 Å². The summed E-state index contributed by atoms with van der Waals surface area (Å²) in [5.41, 5.74) is 3.47. The largest absolute Gasteiger partial charge is 0.0798 e. The van der Waals surface area contributed by atoms with Gasteiger partial charge < -0.3 is 0 Å². The molecule has 2 rings (SSSR count). The van der Waals surface area contributed by atoms with Gasteiger partial charge in [-0.1, -0.05) is 38.2 Å². The zero-order valence-corrected chi connectivity index (χ0v) is 7.22. The molecule has 0 nitrogen and oxygen atoms in total. The van der Waals surface area contributed by atoms with Gasteiger partial charge in [-0.15, -0.1) is 0 Å². The van der Waals surface area contributed by atoms with Crippen LogP contribution in [0.2, 0.25) is 0 Å². The van der Waals surface area contributed by atoms with Crippen molar-refractivity contribution in [1.29, 1.82) is 0 Å². The molecule has 58 valence electrons. The normalized spacial score (nSPS) is 26.0. The Kier molecular flexibility index (Phi) is 1.32. The summed E-state index contributed by atoms with van der Waals surface area (Å²) in [6.45, 7) is 4.58. The summed E-state index contributed by atoms with van der Waals surface area (Å²) >= 11 is 0. The Labute approximate surface area is 68.3 Å². The summed E-state index contributed by atoms with van der Waals surface area (Å²) in [7, 11) is 0. The zero-order chi connectivity index (χ0) is 7.90. The van der Waals surface area contributed by atoms with E-state index in [0.29, 0.717) is 5.41 Å². The van der Waals surface area contributed by atoms with E-state index >= 15 is 0 Å². The average Bonchev–Trinajstić information content (AvgIpc) is 2.31. The van der Waals surface area contributed by atoms with Crippen LogP contribution in [0.5, 0.6) is 0 Å². The molecule has 0 N–H and O–H groups in total. The molecule has 0 saturated heterocycles. The van der Waals surface area contributed by atoms with E-state index in [2.05, 4.69) is 38.2 Å². The first kappa shape index (κ1) is 6.90. The summed E-state index contributed by atoms with van der Waals surface area (Å²) in [6.07, 6.45) is 11.5. The Morgan fingerprint density at radius 3 is 2.82 bits per heavy atom. The molecule has 0 aromatic carbocycles. The van der Waals surface area contributed by atoms with Crippen LogP contribution >= 0.6 is 0 Å². The summed E-state index contributed by atoms with van der Waals surface area (Å²) in [5.74, 6) is 0. The molecule has 0 spiro atoms. The SMILES string of the molecule is CC1(C)C=CC2=C(C=CC2)C1. The van der Waals surface area contributed by atoms with E-state index in [1.54, 1.807) is 5.57 Å². The van der Waals surface area contributed by atoms with Gasteiger partial charge in [0.2, 0.25) is 0 Å². The minimum absolute atomic E-state index is 0.382. The predicted octanol–water partition coefficient (Wildman–Crippen LogP) is 3.23. The second kappa shape index (κ2) is 2.10. The maximum absolute atomic E-state index is 2.33. The highest BCUT2D eigenvalue weighted by Gasteiger charge is 2.22. The van der Waals surface area contributed by atoms with Crippen molar-refractivity contribution >= 4 is 0 Å². The standard InChI is InChI=1S/C11H14/c1-11(2)7-6-9-4-3-5-10(9)8-11/h3,5-7H,4,8H2,1-2H3. The van der Waals surface area contributed by atoms with Crippen LogP contribution in [-0.4, -0.2) is 0 Å². The number of hydrogen-bond acceptors (Lipinski definition) is 0. The Hall–Kier alpha value is -0.780. The topological polar surface area (TPSA) is 0 Å². The van der Waals surface area contributed by atoms with Crippen molar-refractivity contribution < 1.29 is 0 Å². The predicted molar refractivity (Wildman–Crippen MR) is 48.3 cm³/mol. The highest BCUT2D eigenvalue weighted by atomic mass is 14.3. The molecule has 0 heteroatoms. The van der Waals surface area contributed by atoms with Gasteiger partial charge in [-0.2, -0.15) is 0 Å². The van der Waals surface area contributed by atoms with Crippen LogP contribution in [0.3, 0.4) is 0 Å². The fourth-order valence-electron chi connectivity index (χ4n) is 1.79. The van der Waals surface area contributed by atoms with Gasteiger partial charge in [0.25, 0.3) is 0 Å². The highest BCUT2D eigenvalue weighted by Crippen LogP contribution is 2.37. The molecule has 2 aliphatic rings. The molecule has 0 radical (unpaired) electrons. The molecular formula is C11H14. The van der Waals surface area contributed by atoms with Crippen molar-refractivity contribution in [3.63, 3.8) is 0 Å². The van der Waals surface area contributed by atoms with Gasteiger partial charge in [-0.05, 0) is 29.4 Å². The van der Waals surface area contributed by atoms with Crippen LogP contribution in [0, 0.1) is 5.41 Å². The second-order valence-corrected chi connectivity index (χ2v) is 4.16. The fraction of sp³-hybridized carbons (Fsp3) is 0.455. The van der Waals surface area contributed by atoms with E-state index in [-0.39, 0.29) is 0 Å². The summed E-state index contributed by atoms with van der Waals surface area (Å²) in [6, 6.07) is 0. The molecule has 0 atom stereocenters. The molecule has 0 aromatic rings. The van der Waals surface area contributed by atoms with Gasteiger partial charge in [0, 0.05) is 0 Å². The van der Waals surface area contributed by atoms with Crippen LogP contribution in [0.25, 0.3) is 0 Å². The molecule has 0 bridgehead atoms. The maximum Gasteiger partial charge on any atom is -0.00916 e. The number of allylic oxidation sites excluding steroid dienone is 6. The smallest absolute Gasteiger partial charge is 0.00916 e. The first-order chi connectivity index (χ1) is 5.17. The minimum atomic E-state index is 0.382. The van der Waals surface area contributed by atoms with Crippen LogP contribution in [0.1, 0.15) is 26.7 Å². The van der Waals surface area contributed by atoms with Gasteiger partial charge in [-0.25, -0.2) is 0 Å². The quantitative estimate of drug-likeness (QED) is 0.492. The third-order valence-electron chi connectivity index (χ3n) is 2.45. The molecule has 0 unspecified atom stereocenters. The van der Waals surface area contributed by atoms with E-state index in [4.69, 9.17) is 0 Å². The van der Waals surface area contributed by atoms with Gasteiger partial charge in [0.1, 0.15) is 0 Å². The lowest BCUT2D eigenvalue weighted by molar-refractivity contribution is 0.473. The summed E-state index contributed by atoms with van der Waals surface area (Å²) in [4.78, 5) is 0. The molecule has 0 aromatic heterocycles. The van der Waals surface area contributed by atoms with Crippen LogP contribution in [0.4, 0.5) is 0 Å². The Bertz CT molecular complexity index is 262. The van der Waals surface area contributed by atoms with Gasteiger partial charge in [0.05, 0.1) is 0 Å². The third kappa shape index (κ3) is 1.18.